The second kappa shape index (κ2) is 6.88. The van der Waals surface area contributed by atoms with E-state index in [1.807, 2.05) is 0 Å². The van der Waals surface area contributed by atoms with Crippen molar-refractivity contribution in [3.8, 4) is 17.9 Å². The molecule has 0 aliphatic heterocycles. The van der Waals surface area contributed by atoms with Crippen LogP contribution in [0.25, 0.3) is 6.08 Å². The molecule has 0 fully saturated rings. The lowest BCUT2D eigenvalue weighted by molar-refractivity contribution is 0.306. The van der Waals surface area contributed by atoms with Crippen LogP contribution < -0.4 is 4.74 Å². The van der Waals surface area contributed by atoms with Crippen molar-refractivity contribution in [2.24, 2.45) is 0 Å². The molecule has 0 aromatic heterocycles. The molecule has 0 saturated carbocycles. The number of benzene rings is 2. The Morgan fingerprint density at radius 2 is 1.81 bits per heavy atom. The molecule has 2 rings (SSSR count). The maximum absolute atomic E-state index is 12.8. The van der Waals surface area contributed by atoms with E-state index in [2.05, 4.69) is 0 Å². The van der Waals surface area contributed by atoms with Crippen LogP contribution in [0.5, 0.6) is 5.75 Å². The van der Waals surface area contributed by atoms with Crippen molar-refractivity contribution < 1.29 is 9.13 Å². The number of hydrogen-bond donors (Lipinski definition) is 0. The molecular formula is C17H11FN2O. The summed E-state index contributed by atoms with van der Waals surface area (Å²) in [6.45, 7) is 0.316. The molecule has 0 saturated heterocycles. The molecule has 0 N–H and O–H groups in total. The average molecular weight is 278 g/mol. The van der Waals surface area contributed by atoms with E-state index in [0.29, 0.717) is 17.9 Å². The predicted molar refractivity (Wildman–Crippen MR) is 76.4 cm³/mol. The van der Waals surface area contributed by atoms with Crippen LogP contribution in [0, 0.1) is 28.5 Å². The molecule has 0 atom stereocenters. The topological polar surface area (TPSA) is 56.8 Å². The van der Waals surface area contributed by atoms with Gasteiger partial charge < -0.3 is 4.74 Å². The van der Waals surface area contributed by atoms with Gasteiger partial charge in [0, 0.05) is 0 Å². The van der Waals surface area contributed by atoms with Gasteiger partial charge in [0.05, 0.1) is 0 Å². The highest BCUT2D eigenvalue weighted by molar-refractivity contribution is 5.62. The highest BCUT2D eigenvalue weighted by Gasteiger charge is 1.99. The van der Waals surface area contributed by atoms with Gasteiger partial charge in [0.2, 0.25) is 0 Å². The maximum Gasteiger partial charge on any atom is 0.130 e. The normalized spacial score (nSPS) is 9.29. The first-order valence-electron chi connectivity index (χ1n) is 6.20. The molecule has 0 heterocycles. The number of nitriles is 2. The number of allylic oxidation sites excluding steroid dienone is 1. The number of ether oxygens (including phenoxy) is 1. The minimum atomic E-state index is -0.286. The zero-order valence-corrected chi connectivity index (χ0v) is 11.1. The summed E-state index contributed by atoms with van der Waals surface area (Å²) in [7, 11) is 0. The van der Waals surface area contributed by atoms with E-state index < -0.39 is 0 Å². The third-order valence-corrected chi connectivity index (χ3v) is 2.73. The molecule has 0 aliphatic rings. The summed E-state index contributed by atoms with van der Waals surface area (Å²) in [6.07, 6.45) is 1.49. The minimum Gasteiger partial charge on any atom is -0.489 e. The first kappa shape index (κ1) is 14.3. The zero-order chi connectivity index (χ0) is 15.1. The summed E-state index contributed by atoms with van der Waals surface area (Å²) in [6, 6.07) is 16.7. The lowest BCUT2D eigenvalue weighted by Gasteiger charge is -2.07. The molecule has 0 spiro atoms. The third-order valence-electron chi connectivity index (χ3n) is 2.73. The Balaban J connectivity index is 2.08. The van der Waals surface area contributed by atoms with Gasteiger partial charge in [-0.15, -0.1) is 0 Å². The molecule has 3 nitrogen and oxygen atoms in total. The Kier molecular flexibility index (Phi) is 4.69. The van der Waals surface area contributed by atoms with E-state index in [-0.39, 0.29) is 11.4 Å². The molecule has 0 aliphatic carbocycles. The fraction of sp³-hybridized carbons (Fsp3) is 0.0588. The molecule has 102 valence electrons. The van der Waals surface area contributed by atoms with Gasteiger partial charge in [-0.2, -0.15) is 10.5 Å². The minimum absolute atomic E-state index is 0.0330. The summed E-state index contributed by atoms with van der Waals surface area (Å²) in [5, 5.41) is 17.5. The molecular weight excluding hydrogens is 267 g/mol. The van der Waals surface area contributed by atoms with Crippen LogP contribution in [0.3, 0.4) is 0 Å². The van der Waals surface area contributed by atoms with Crippen molar-refractivity contribution in [3.63, 3.8) is 0 Å². The lowest BCUT2D eigenvalue weighted by Crippen LogP contribution is -1.95. The first-order chi connectivity index (χ1) is 10.2. The van der Waals surface area contributed by atoms with Crippen LogP contribution in [0.1, 0.15) is 11.1 Å². The molecule has 4 heteroatoms. The fourth-order valence-electron chi connectivity index (χ4n) is 1.70. The Morgan fingerprint density at radius 1 is 1.10 bits per heavy atom. The molecule has 0 bridgehead atoms. The fourth-order valence-corrected chi connectivity index (χ4v) is 1.70. The summed E-state index contributed by atoms with van der Waals surface area (Å²) in [4.78, 5) is 0. The van der Waals surface area contributed by atoms with Crippen LogP contribution in [-0.4, -0.2) is 0 Å². The van der Waals surface area contributed by atoms with E-state index >= 15 is 0 Å². The van der Waals surface area contributed by atoms with Gasteiger partial charge in [0.1, 0.15) is 35.9 Å². The molecule has 0 radical (unpaired) electrons. The SMILES string of the molecule is N#CC(C#N)=Cc1cccc(OCc2ccc(F)cc2)c1. The van der Waals surface area contributed by atoms with Crippen molar-refractivity contribution in [2.75, 3.05) is 0 Å². The molecule has 2 aromatic rings. The van der Waals surface area contributed by atoms with Crippen molar-refractivity contribution in [2.45, 2.75) is 6.61 Å². The number of rotatable bonds is 4. The average Bonchev–Trinajstić information content (AvgIpc) is 2.52. The zero-order valence-electron chi connectivity index (χ0n) is 11.1. The first-order valence-corrected chi connectivity index (χ1v) is 6.20. The summed E-state index contributed by atoms with van der Waals surface area (Å²) in [5.74, 6) is 0.328. The van der Waals surface area contributed by atoms with Crippen molar-refractivity contribution in [1.29, 1.82) is 10.5 Å². The van der Waals surface area contributed by atoms with Crippen LogP contribution in [0.15, 0.2) is 54.1 Å². The molecule has 2 aromatic carbocycles. The van der Waals surface area contributed by atoms with E-state index in [9.17, 15) is 4.39 Å². The predicted octanol–water partition coefficient (Wildman–Crippen LogP) is 3.84. The van der Waals surface area contributed by atoms with E-state index in [0.717, 1.165) is 5.56 Å². The van der Waals surface area contributed by atoms with Gasteiger partial charge in [-0.05, 0) is 41.5 Å². The van der Waals surface area contributed by atoms with Crippen molar-refractivity contribution in [1.82, 2.24) is 0 Å². The maximum atomic E-state index is 12.8. The lowest BCUT2D eigenvalue weighted by atomic mass is 10.1. The van der Waals surface area contributed by atoms with Gasteiger partial charge in [0.15, 0.2) is 0 Å². The number of halogens is 1. The van der Waals surface area contributed by atoms with Gasteiger partial charge in [-0.3, -0.25) is 0 Å². The highest BCUT2D eigenvalue weighted by Crippen LogP contribution is 2.17. The molecule has 21 heavy (non-hydrogen) atoms. The van der Waals surface area contributed by atoms with Crippen LogP contribution in [-0.2, 0) is 6.61 Å². The Labute approximate surface area is 122 Å². The van der Waals surface area contributed by atoms with E-state index in [1.54, 1.807) is 48.5 Å². The quantitative estimate of drug-likeness (QED) is 0.798. The standard InChI is InChI=1S/C17H11FN2O/c18-16-6-4-13(5-7-16)12-21-17-3-1-2-14(9-17)8-15(10-19)11-20/h1-9H,12H2. The van der Waals surface area contributed by atoms with Gasteiger partial charge >= 0.3 is 0 Å². The van der Waals surface area contributed by atoms with Crippen LogP contribution in [0.2, 0.25) is 0 Å². The Morgan fingerprint density at radius 3 is 2.48 bits per heavy atom. The Hall–Kier alpha value is -3.11. The molecule has 0 amide bonds. The third kappa shape index (κ3) is 4.19. The van der Waals surface area contributed by atoms with Gasteiger partial charge in [-0.25, -0.2) is 4.39 Å². The second-order valence-electron chi connectivity index (χ2n) is 4.27. The Bertz CT molecular complexity index is 721. The summed E-state index contributed by atoms with van der Waals surface area (Å²) in [5.41, 5.74) is 1.60. The van der Waals surface area contributed by atoms with E-state index in [1.165, 1.54) is 18.2 Å². The second-order valence-corrected chi connectivity index (χ2v) is 4.27. The largest absolute Gasteiger partial charge is 0.489 e. The van der Waals surface area contributed by atoms with Crippen LogP contribution in [0.4, 0.5) is 4.39 Å². The van der Waals surface area contributed by atoms with Gasteiger partial charge in [-0.1, -0.05) is 24.3 Å². The highest BCUT2D eigenvalue weighted by atomic mass is 19.1. The molecule has 0 unspecified atom stereocenters. The van der Waals surface area contributed by atoms with Crippen LogP contribution >= 0.6 is 0 Å². The van der Waals surface area contributed by atoms with Crippen molar-refractivity contribution in [3.05, 3.63) is 71.0 Å². The summed E-state index contributed by atoms with van der Waals surface area (Å²) >= 11 is 0. The van der Waals surface area contributed by atoms with Gasteiger partial charge in [0.25, 0.3) is 0 Å². The smallest absolute Gasteiger partial charge is 0.130 e. The number of nitrogens with zero attached hydrogens (tertiary/aromatic N) is 2. The monoisotopic (exact) mass is 278 g/mol. The number of hydrogen-bond acceptors (Lipinski definition) is 3. The van der Waals surface area contributed by atoms with E-state index in [4.69, 9.17) is 15.3 Å². The summed E-state index contributed by atoms with van der Waals surface area (Å²) < 4.78 is 18.4. The van der Waals surface area contributed by atoms with Crippen molar-refractivity contribution >= 4 is 6.08 Å².